The minimum atomic E-state index is -0.273. The monoisotopic (exact) mass is 267 g/mol. The summed E-state index contributed by atoms with van der Waals surface area (Å²) in [4.78, 5) is 17.2. The molecule has 2 saturated heterocycles. The van der Waals surface area contributed by atoms with Gasteiger partial charge in [-0.3, -0.25) is 9.69 Å². The second kappa shape index (κ2) is 6.23. The van der Waals surface area contributed by atoms with Gasteiger partial charge in [0.1, 0.15) is 0 Å². The first-order valence-electron chi connectivity index (χ1n) is 7.87. The van der Waals surface area contributed by atoms with Crippen LogP contribution in [0.15, 0.2) is 0 Å². The normalized spacial score (nSPS) is 31.8. The largest absolute Gasteiger partial charge is 0.343 e. The van der Waals surface area contributed by atoms with Crippen molar-refractivity contribution < 1.29 is 4.79 Å². The Balaban J connectivity index is 1.95. The lowest BCUT2D eigenvalue weighted by molar-refractivity contribution is -0.137. The molecule has 0 radical (unpaired) electrons. The average molecular weight is 267 g/mol. The van der Waals surface area contributed by atoms with Gasteiger partial charge in [-0.15, -0.1) is 0 Å². The van der Waals surface area contributed by atoms with Gasteiger partial charge in [0.2, 0.25) is 5.91 Å². The predicted octanol–water partition coefficient (Wildman–Crippen LogP) is 1.46. The van der Waals surface area contributed by atoms with E-state index < -0.39 is 0 Å². The van der Waals surface area contributed by atoms with E-state index in [2.05, 4.69) is 24.1 Å². The van der Waals surface area contributed by atoms with Crippen LogP contribution in [0.2, 0.25) is 0 Å². The molecule has 1 amide bonds. The Kier molecular flexibility index (Phi) is 4.85. The quantitative estimate of drug-likeness (QED) is 0.819. The fraction of sp³-hybridized carbons (Fsp3) is 0.933. The standard InChI is InChI=1S/C15H29N3O/c1-4-15(9-7-10-16-15)14(19)17(3)12-13-8-6-11-18(13)5-2/h13,16H,4-12H2,1-3H3. The van der Waals surface area contributed by atoms with Crippen molar-refractivity contribution in [1.29, 1.82) is 0 Å². The molecule has 0 bridgehead atoms. The highest BCUT2D eigenvalue weighted by atomic mass is 16.2. The van der Waals surface area contributed by atoms with Crippen LogP contribution in [0.1, 0.15) is 46.0 Å². The summed E-state index contributed by atoms with van der Waals surface area (Å²) < 4.78 is 0. The van der Waals surface area contributed by atoms with Gasteiger partial charge in [-0.2, -0.15) is 0 Å². The fourth-order valence-electron chi connectivity index (χ4n) is 3.72. The lowest BCUT2D eigenvalue weighted by Crippen LogP contribution is -2.55. The number of likely N-dealkylation sites (tertiary alicyclic amines) is 1. The maximum absolute atomic E-state index is 12.7. The van der Waals surface area contributed by atoms with Crippen LogP contribution in [-0.4, -0.2) is 60.5 Å². The molecule has 2 atom stereocenters. The van der Waals surface area contributed by atoms with E-state index in [1.807, 2.05) is 11.9 Å². The van der Waals surface area contributed by atoms with Crippen LogP contribution in [0.3, 0.4) is 0 Å². The van der Waals surface area contributed by atoms with Crippen LogP contribution in [0.5, 0.6) is 0 Å². The molecule has 2 fully saturated rings. The first kappa shape index (κ1) is 14.8. The molecular weight excluding hydrogens is 238 g/mol. The van der Waals surface area contributed by atoms with Crippen molar-refractivity contribution in [1.82, 2.24) is 15.1 Å². The SMILES string of the molecule is CCN1CCCC1CN(C)C(=O)C1(CC)CCCN1. The molecule has 2 unspecified atom stereocenters. The molecule has 2 rings (SSSR count). The maximum Gasteiger partial charge on any atom is 0.242 e. The Bertz CT molecular complexity index is 313. The van der Waals surface area contributed by atoms with Crippen molar-refractivity contribution in [2.24, 2.45) is 0 Å². The molecule has 110 valence electrons. The number of carbonyl (C=O) groups is 1. The van der Waals surface area contributed by atoms with E-state index in [0.717, 1.165) is 38.9 Å². The summed E-state index contributed by atoms with van der Waals surface area (Å²) in [6.45, 7) is 8.50. The summed E-state index contributed by atoms with van der Waals surface area (Å²) in [5.41, 5.74) is -0.273. The third kappa shape index (κ3) is 2.95. The summed E-state index contributed by atoms with van der Waals surface area (Å²) in [6, 6.07) is 0.564. The van der Waals surface area contributed by atoms with E-state index in [1.165, 1.54) is 19.4 Å². The number of hydrogen-bond donors (Lipinski definition) is 1. The van der Waals surface area contributed by atoms with Gasteiger partial charge < -0.3 is 10.2 Å². The molecule has 0 spiro atoms. The zero-order chi connectivity index (χ0) is 13.9. The van der Waals surface area contributed by atoms with Crippen LogP contribution in [0.4, 0.5) is 0 Å². The Morgan fingerprint density at radius 3 is 2.79 bits per heavy atom. The molecular formula is C15H29N3O. The van der Waals surface area contributed by atoms with Gasteiger partial charge in [0.15, 0.2) is 0 Å². The van der Waals surface area contributed by atoms with Crippen molar-refractivity contribution in [2.75, 3.05) is 33.2 Å². The Labute approximate surface area is 117 Å². The topological polar surface area (TPSA) is 35.6 Å². The fourth-order valence-corrected chi connectivity index (χ4v) is 3.72. The van der Waals surface area contributed by atoms with E-state index in [9.17, 15) is 4.79 Å². The molecule has 2 aliphatic heterocycles. The molecule has 4 heteroatoms. The van der Waals surface area contributed by atoms with Crippen LogP contribution in [0, 0.1) is 0 Å². The van der Waals surface area contributed by atoms with Gasteiger partial charge >= 0.3 is 0 Å². The second-order valence-corrected chi connectivity index (χ2v) is 6.08. The number of rotatable bonds is 5. The van der Waals surface area contributed by atoms with Crippen LogP contribution >= 0.6 is 0 Å². The number of carbonyl (C=O) groups excluding carboxylic acids is 1. The van der Waals surface area contributed by atoms with E-state index in [4.69, 9.17) is 0 Å². The Hall–Kier alpha value is -0.610. The highest BCUT2D eigenvalue weighted by Crippen LogP contribution is 2.26. The minimum Gasteiger partial charge on any atom is -0.343 e. The van der Waals surface area contributed by atoms with Crippen molar-refractivity contribution in [2.45, 2.75) is 57.5 Å². The van der Waals surface area contributed by atoms with Gasteiger partial charge in [0, 0.05) is 19.6 Å². The number of nitrogens with zero attached hydrogens (tertiary/aromatic N) is 2. The summed E-state index contributed by atoms with van der Waals surface area (Å²) in [5, 5.41) is 3.45. The zero-order valence-electron chi connectivity index (χ0n) is 12.7. The molecule has 2 aliphatic rings. The van der Waals surface area contributed by atoms with E-state index in [0.29, 0.717) is 11.9 Å². The zero-order valence-corrected chi connectivity index (χ0v) is 12.7. The van der Waals surface area contributed by atoms with E-state index in [1.54, 1.807) is 0 Å². The summed E-state index contributed by atoms with van der Waals surface area (Å²) >= 11 is 0. The third-order valence-electron chi connectivity index (χ3n) is 4.99. The molecule has 1 N–H and O–H groups in total. The third-order valence-corrected chi connectivity index (χ3v) is 4.99. The van der Waals surface area contributed by atoms with Crippen molar-refractivity contribution in [3.63, 3.8) is 0 Å². The highest BCUT2D eigenvalue weighted by molar-refractivity contribution is 5.86. The van der Waals surface area contributed by atoms with E-state index >= 15 is 0 Å². The Morgan fingerprint density at radius 2 is 2.21 bits per heavy atom. The molecule has 0 saturated carbocycles. The van der Waals surface area contributed by atoms with Crippen molar-refractivity contribution >= 4 is 5.91 Å². The highest BCUT2D eigenvalue weighted by Gasteiger charge is 2.41. The summed E-state index contributed by atoms with van der Waals surface area (Å²) in [5.74, 6) is 0.301. The summed E-state index contributed by atoms with van der Waals surface area (Å²) in [7, 11) is 1.98. The maximum atomic E-state index is 12.7. The molecule has 4 nitrogen and oxygen atoms in total. The molecule has 0 aromatic carbocycles. The van der Waals surface area contributed by atoms with Crippen molar-refractivity contribution in [3.05, 3.63) is 0 Å². The number of amides is 1. The van der Waals surface area contributed by atoms with Crippen LogP contribution in [0.25, 0.3) is 0 Å². The predicted molar refractivity (Wildman–Crippen MR) is 78.2 cm³/mol. The number of likely N-dealkylation sites (N-methyl/N-ethyl adjacent to an activating group) is 2. The minimum absolute atomic E-state index is 0.273. The lowest BCUT2D eigenvalue weighted by Gasteiger charge is -2.34. The second-order valence-electron chi connectivity index (χ2n) is 6.08. The smallest absolute Gasteiger partial charge is 0.242 e. The van der Waals surface area contributed by atoms with Gasteiger partial charge in [0.25, 0.3) is 0 Å². The van der Waals surface area contributed by atoms with Gasteiger partial charge in [-0.05, 0) is 51.7 Å². The number of nitrogens with one attached hydrogen (secondary N) is 1. The van der Waals surface area contributed by atoms with Crippen LogP contribution < -0.4 is 5.32 Å². The molecule has 2 heterocycles. The molecule has 0 aromatic rings. The van der Waals surface area contributed by atoms with Gasteiger partial charge in [-0.1, -0.05) is 13.8 Å². The van der Waals surface area contributed by atoms with Crippen molar-refractivity contribution in [3.8, 4) is 0 Å². The van der Waals surface area contributed by atoms with Crippen LogP contribution in [-0.2, 0) is 4.79 Å². The van der Waals surface area contributed by atoms with Gasteiger partial charge in [-0.25, -0.2) is 0 Å². The van der Waals surface area contributed by atoms with E-state index in [-0.39, 0.29) is 5.54 Å². The molecule has 19 heavy (non-hydrogen) atoms. The Morgan fingerprint density at radius 1 is 1.42 bits per heavy atom. The number of hydrogen-bond acceptors (Lipinski definition) is 3. The first-order valence-corrected chi connectivity index (χ1v) is 7.87. The molecule has 0 aliphatic carbocycles. The first-order chi connectivity index (χ1) is 9.13. The van der Waals surface area contributed by atoms with Gasteiger partial charge in [0.05, 0.1) is 5.54 Å². The average Bonchev–Trinajstić information content (AvgIpc) is 3.06. The molecule has 0 aromatic heterocycles. The lowest BCUT2D eigenvalue weighted by atomic mass is 9.92. The summed E-state index contributed by atoms with van der Waals surface area (Å²) in [6.07, 6.45) is 5.53.